The standard InChI is InChI=1S/C20H17F3N4O/c1-11(2)13-5-3-4-6-15(13)27-20-24-9-12(10-25-20)19(28)26-16-8-7-14(21)17(22)18(16)23/h3-11H,1-2H3,(H,26,28)(H,24,25,27). The number of nitrogens with zero attached hydrogens (tertiary/aromatic N) is 2. The van der Waals surface area contributed by atoms with Crippen molar-refractivity contribution in [3.63, 3.8) is 0 Å². The molecule has 1 heterocycles. The number of anilines is 3. The number of carbonyl (C=O) groups is 1. The lowest BCUT2D eigenvalue weighted by molar-refractivity contribution is 0.102. The zero-order valence-electron chi connectivity index (χ0n) is 15.1. The number of rotatable bonds is 5. The average molecular weight is 386 g/mol. The molecular weight excluding hydrogens is 369 g/mol. The van der Waals surface area contributed by atoms with Crippen LogP contribution in [-0.4, -0.2) is 15.9 Å². The summed E-state index contributed by atoms with van der Waals surface area (Å²) in [6.45, 7) is 4.12. The maximum Gasteiger partial charge on any atom is 0.258 e. The van der Waals surface area contributed by atoms with Gasteiger partial charge in [0.05, 0.1) is 11.3 Å². The van der Waals surface area contributed by atoms with E-state index in [1.807, 2.05) is 24.3 Å². The molecule has 2 N–H and O–H groups in total. The number of hydrogen-bond donors (Lipinski definition) is 2. The van der Waals surface area contributed by atoms with Crippen LogP contribution in [0.15, 0.2) is 48.8 Å². The minimum absolute atomic E-state index is 0.0341. The lowest BCUT2D eigenvalue weighted by atomic mass is 10.0. The molecule has 0 aliphatic heterocycles. The second kappa shape index (κ2) is 8.08. The van der Waals surface area contributed by atoms with Crippen molar-refractivity contribution in [3.8, 4) is 0 Å². The topological polar surface area (TPSA) is 66.9 Å². The molecule has 2 aromatic carbocycles. The number of amides is 1. The van der Waals surface area contributed by atoms with Gasteiger partial charge in [0.1, 0.15) is 0 Å². The quantitative estimate of drug-likeness (QED) is 0.605. The van der Waals surface area contributed by atoms with Crippen LogP contribution in [0.5, 0.6) is 0 Å². The zero-order valence-corrected chi connectivity index (χ0v) is 15.1. The maximum atomic E-state index is 13.7. The van der Waals surface area contributed by atoms with Crippen LogP contribution in [-0.2, 0) is 0 Å². The lowest BCUT2D eigenvalue weighted by Crippen LogP contribution is -2.15. The molecule has 0 unspecified atom stereocenters. The van der Waals surface area contributed by atoms with Crippen molar-refractivity contribution in [2.75, 3.05) is 10.6 Å². The fourth-order valence-corrected chi connectivity index (χ4v) is 2.56. The van der Waals surface area contributed by atoms with E-state index < -0.39 is 29.0 Å². The zero-order chi connectivity index (χ0) is 20.3. The number of hydrogen-bond acceptors (Lipinski definition) is 4. The lowest BCUT2D eigenvalue weighted by Gasteiger charge is -2.13. The normalized spacial score (nSPS) is 10.8. The molecule has 3 rings (SSSR count). The number of benzene rings is 2. The summed E-state index contributed by atoms with van der Waals surface area (Å²) in [7, 11) is 0. The second-order valence-corrected chi connectivity index (χ2v) is 6.34. The minimum atomic E-state index is -1.66. The molecule has 0 fully saturated rings. The molecule has 0 spiro atoms. The van der Waals surface area contributed by atoms with E-state index in [0.717, 1.165) is 23.4 Å². The van der Waals surface area contributed by atoms with E-state index in [2.05, 4.69) is 34.4 Å². The van der Waals surface area contributed by atoms with Gasteiger partial charge in [0.15, 0.2) is 17.5 Å². The third kappa shape index (κ3) is 4.11. The molecule has 144 valence electrons. The van der Waals surface area contributed by atoms with Crippen molar-refractivity contribution < 1.29 is 18.0 Å². The molecule has 1 aromatic heterocycles. The van der Waals surface area contributed by atoms with Crippen LogP contribution < -0.4 is 10.6 Å². The molecule has 0 aliphatic carbocycles. The predicted molar refractivity (Wildman–Crippen MR) is 100 cm³/mol. The highest BCUT2D eigenvalue weighted by Gasteiger charge is 2.16. The average Bonchev–Trinajstić information content (AvgIpc) is 2.69. The van der Waals surface area contributed by atoms with Gasteiger partial charge in [-0.05, 0) is 29.7 Å². The molecule has 0 bridgehead atoms. The summed E-state index contributed by atoms with van der Waals surface area (Å²) in [5.41, 5.74) is 1.49. The van der Waals surface area contributed by atoms with Crippen molar-refractivity contribution >= 4 is 23.2 Å². The molecule has 3 aromatic rings. The minimum Gasteiger partial charge on any atom is -0.324 e. The van der Waals surface area contributed by atoms with Gasteiger partial charge >= 0.3 is 0 Å². The molecule has 28 heavy (non-hydrogen) atoms. The third-order valence-electron chi connectivity index (χ3n) is 4.03. The maximum absolute atomic E-state index is 13.7. The number of carbonyl (C=O) groups excluding carboxylic acids is 1. The Labute approximate surface area is 159 Å². The Bertz CT molecular complexity index is 1010. The summed E-state index contributed by atoms with van der Waals surface area (Å²) >= 11 is 0. The van der Waals surface area contributed by atoms with Gasteiger partial charge in [-0.15, -0.1) is 0 Å². The van der Waals surface area contributed by atoms with Crippen LogP contribution in [0.3, 0.4) is 0 Å². The first-order valence-corrected chi connectivity index (χ1v) is 8.49. The van der Waals surface area contributed by atoms with Gasteiger partial charge in [-0.25, -0.2) is 23.1 Å². The highest BCUT2D eigenvalue weighted by atomic mass is 19.2. The van der Waals surface area contributed by atoms with Gasteiger partial charge in [-0.3, -0.25) is 4.79 Å². The van der Waals surface area contributed by atoms with E-state index in [9.17, 15) is 18.0 Å². The third-order valence-corrected chi connectivity index (χ3v) is 4.03. The molecule has 0 atom stereocenters. The van der Waals surface area contributed by atoms with E-state index in [0.29, 0.717) is 5.92 Å². The first kappa shape index (κ1) is 19.3. The summed E-state index contributed by atoms with van der Waals surface area (Å²) < 4.78 is 39.9. The summed E-state index contributed by atoms with van der Waals surface area (Å²) in [6, 6.07) is 9.37. The number of aromatic nitrogens is 2. The Morgan fingerprint density at radius 3 is 2.29 bits per heavy atom. The van der Waals surface area contributed by atoms with Gasteiger partial charge in [-0.1, -0.05) is 32.0 Å². The molecule has 5 nitrogen and oxygen atoms in total. The van der Waals surface area contributed by atoms with Crippen molar-refractivity contribution in [2.45, 2.75) is 19.8 Å². The highest BCUT2D eigenvalue weighted by molar-refractivity contribution is 6.04. The van der Waals surface area contributed by atoms with E-state index >= 15 is 0 Å². The Kier molecular flexibility index (Phi) is 5.58. The Balaban J connectivity index is 1.74. The van der Waals surface area contributed by atoms with Crippen molar-refractivity contribution in [1.29, 1.82) is 0 Å². The largest absolute Gasteiger partial charge is 0.324 e. The summed E-state index contributed by atoms with van der Waals surface area (Å²) in [5, 5.41) is 5.25. The van der Waals surface area contributed by atoms with Gasteiger partial charge in [0, 0.05) is 18.1 Å². The predicted octanol–water partition coefficient (Wildman–Crippen LogP) is 5.01. The van der Waals surface area contributed by atoms with Crippen LogP contribution >= 0.6 is 0 Å². The molecular formula is C20H17F3N4O. The molecule has 0 saturated carbocycles. The summed E-state index contributed by atoms with van der Waals surface area (Å²) in [5.74, 6) is -4.64. The van der Waals surface area contributed by atoms with Gasteiger partial charge in [0.2, 0.25) is 5.95 Å². The fourth-order valence-electron chi connectivity index (χ4n) is 2.56. The first-order chi connectivity index (χ1) is 13.4. The smallest absolute Gasteiger partial charge is 0.258 e. The number of halogens is 3. The molecule has 8 heteroatoms. The van der Waals surface area contributed by atoms with Gasteiger partial charge in [0.25, 0.3) is 5.91 Å². The molecule has 0 radical (unpaired) electrons. The SMILES string of the molecule is CC(C)c1ccccc1Nc1ncc(C(=O)Nc2ccc(F)c(F)c2F)cn1. The van der Waals surface area contributed by atoms with Crippen LogP contribution in [0.25, 0.3) is 0 Å². The van der Waals surface area contributed by atoms with Crippen molar-refractivity contribution in [3.05, 3.63) is 77.4 Å². The molecule has 0 aliphatic rings. The Morgan fingerprint density at radius 2 is 1.61 bits per heavy atom. The van der Waals surface area contributed by atoms with Crippen molar-refractivity contribution in [1.82, 2.24) is 9.97 Å². The van der Waals surface area contributed by atoms with E-state index in [1.165, 1.54) is 12.4 Å². The van der Waals surface area contributed by atoms with Gasteiger partial charge < -0.3 is 10.6 Å². The van der Waals surface area contributed by atoms with Crippen LogP contribution in [0, 0.1) is 17.5 Å². The summed E-state index contributed by atoms with van der Waals surface area (Å²) in [4.78, 5) is 20.3. The monoisotopic (exact) mass is 386 g/mol. The van der Waals surface area contributed by atoms with E-state index in [1.54, 1.807) is 0 Å². The second-order valence-electron chi connectivity index (χ2n) is 6.34. The summed E-state index contributed by atoms with van der Waals surface area (Å²) in [6.07, 6.45) is 2.50. The van der Waals surface area contributed by atoms with E-state index in [4.69, 9.17) is 0 Å². The van der Waals surface area contributed by atoms with Gasteiger partial charge in [-0.2, -0.15) is 0 Å². The Morgan fingerprint density at radius 1 is 0.929 bits per heavy atom. The van der Waals surface area contributed by atoms with Crippen molar-refractivity contribution in [2.24, 2.45) is 0 Å². The van der Waals surface area contributed by atoms with Crippen LogP contribution in [0.4, 0.5) is 30.5 Å². The first-order valence-electron chi connectivity index (χ1n) is 8.49. The number of para-hydroxylation sites is 1. The molecule has 1 amide bonds. The Hall–Kier alpha value is -3.42. The van der Waals surface area contributed by atoms with Crippen LogP contribution in [0.2, 0.25) is 0 Å². The van der Waals surface area contributed by atoms with E-state index in [-0.39, 0.29) is 11.5 Å². The molecule has 0 saturated heterocycles. The fraction of sp³-hybridized carbons (Fsp3) is 0.150. The number of nitrogens with one attached hydrogen (secondary N) is 2. The van der Waals surface area contributed by atoms with Crippen LogP contribution in [0.1, 0.15) is 35.7 Å². The highest BCUT2D eigenvalue weighted by Crippen LogP contribution is 2.25.